The van der Waals surface area contributed by atoms with Crippen LogP contribution in [0.3, 0.4) is 0 Å². The van der Waals surface area contributed by atoms with Gasteiger partial charge in [0.25, 0.3) is 0 Å². The Kier molecular flexibility index (Phi) is 3.64. The first kappa shape index (κ1) is 13.0. The van der Waals surface area contributed by atoms with Crippen LogP contribution in [0, 0.1) is 0 Å². The Bertz CT molecular complexity index is 642. The highest BCUT2D eigenvalue weighted by molar-refractivity contribution is 9.10. The first-order chi connectivity index (χ1) is 8.49. The van der Waals surface area contributed by atoms with Gasteiger partial charge < -0.3 is 10.3 Å². The lowest BCUT2D eigenvalue weighted by Crippen LogP contribution is -2.24. The van der Waals surface area contributed by atoms with Crippen molar-refractivity contribution in [2.75, 3.05) is 5.73 Å². The predicted octanol–water partition coefficient (Wildman–Crippen LogP) is 0.893. The molecule has 0 fully saturated rings. The third kappa shape index (κ3) is 2.86. The number of hydrogen-bond donors (Lipinski definition) is 2. The van der Waals surface area contributed by atoms with Crippen molar-refractivity contribution < 1.29 is 12.9 Å². The SMILES string of the molecule is Nc1ncc(Br)cc1S(=O)(=O)NCc1ccon1. The second-order valence-corrected chi connectivity index (χ2v) is 6.00. The number of pyridine rings is 1. The number of nitrogens with one attached hydrogen (secondary N) is 1. The van der Waals surface area contributed by atoms with Crippen molar-refractivity contribution in [2.24, 2.45) is 0 Å². The summed E-state index contributed by atoms with van der Waals surface area (Å²) in [5, 5.41) is 3.59. The summed E-state index contributed by atoms with van der Waals surface area (Å²) >= 11 is 3.14. The van der Waals surface area contributed by atoms with Crippen LogP contribution in [0.5, 0.6) is 0 Å². The summed E-state index contributed by atoms with van der Waals surface area (Å²) in [4.78, 5) is 3.68. The molecular formula is C9H9BrN4O3S. The van der Waals surface area contributed by atoms with Crippen LogP contribution < -0.4 is 10.5 Å². The number of nitrogen functional groups attached to an aromatic ring is 1. The van der Waals surface area contributed by atoms with Crippen molar-refractivity contribution in [1.29, 1.82) is 0 Å². The molecule has 18 heavy (non-hydrogen) atoms. The second kappa shape index (κ2) is 5.04. The van der Waals surface area contributed by atoms with E-state index in [0.717, 1.165) is 0 Å². The maximum atomic E-state index is 12.0. The van der Waals surface area contributed by atoms with Crippen LogP contribution >= 0.6 is 15.9 Å². The van der Waals surface area contributed by atoms with E-state index in [1.807, 2.05) is 0 Å². The van der Waals surface area contributed by atoms with Crippen LogP contribution in [0.1, 0.15) is 5.69 Å². The van der Waals surface area contributed by atoms with Gasteiger partial charge in [0.05, 0.1) is 12.2 Å². The van der Waals surface area contributed by atoms with Gasteiger partial charge >= 0.3 is 0 Å². The summed E-state index contributed by atoms with van der Waals surface area (Å²) in [6.45, 7) is 0.0186. The molecule has 0 spiro atoms. The molecule has 0 aliphatic heterocycles. The molecule has 0 saturated heterocycles. The van der Waals surface area contributed by atoms with Crippen LogP contribution in [0.4, 0.5) is 5.82 Å². The molecule has 0 atom stereocenters. The van der Waals surface area contributed by atoms with E-state index in [2.05, 4.69) is 35.3 Å². The van der Waals surface area contributed by atoms with E-state index in [0.29, 0.717) is 10.2 Å². The molecular weight excluding hydrogens is 324 g/mol. The lowest BCUT2D eigenvalue weighted by Gasteiger charge is -2.07. The monoisotopic (exact) mass is 332 g/mol. The van der Waals surface area contributed by atoms with Gasteiger partial charge in [-0.1, -0.05) is 5.16 Å². The van der Waals surface area contributed by atoms with Crippen LogP contribution in [0.2, 0.25) is 0 Å². The Morgan fingerprint density at radius 3 is 2.94 bits per heavy atom. The minimum Gasteiger partial charge on any atom is -0.383 e. The lowest BCUT2D eigenvalue weighted by atomic mass is 10.4. The maximum Gasteiger partial charge on any atom is 0.244 e. The van der Waals surface area contributed by atoms with E-state index in [-0.39, 0.29) is 17.3 Å². The zero-order valence-electron chi connectivity index (χ0n) is 9.00. The van der Waals surface area contributed by atoms with Crippen molar-refractivity contribution in [3.8, 4) is 0 Å². The topological polar surface area (TPSA) is 111 Å². The standard InChI is InChI=1S/C9H9BrN4O3S/c10-6-3-8(9(11)12-4-6)18(15,16)13-5-7-1-2-17-14-7/h1-4,13H,5H2,(H2,11,12). The van der Waals surface area contributed by atoms with E-state index < -0.39 is 10.0 Å². The zero-order chi connectivity index (χ0) is 13.2. The van der Waals surface area contributed by atoms with Gasteiger partial charge in [0, 0.05) is 16.7 Å². The quantitative estimate of drug-likeness (QED) is 0.860. The van der Waals surface area contributed by atoms with E-state index in [1.54, 1.807) is 6.07 Å². The fourth-order valence-corrected chi connectivity index (χ4v) is 2.81. The molecule has 2 heterocycles. The average Bonchev–Trinajstić information content (AvgIpc) is 2.83. The molecule has 0 aliphatic carbocycles. The van der Waals surface area contributed by atoms with E-state index in [1.165, 1.54) is 18.5 Å². The molecule has 2 rings (SSSR count). The fraction of sp³-hybridized carbons (Fsp3) is 0.111. The Balaban J connectivity index is 2.22. The summed E-state index contributed by atoms with van der Waals surface area (Å²) in [5.41, 5.74) is 6.01. The van der Waals surface area contributed by atoms with Crippen LogP contribution in [-0.2, 0) is 16.6 Å². The Labute approximate surface area is 112 Å². The summed E-state index contributed by atoms with van der Waals surface area (Å²) in [5.74, 6) is -0.0640. The summed E-state index contributed by atoms with van der Waals surface area (Å²) < 4.78 is 31.5. The van der Waals surface area contributed by atoms with E-state index in [4.69, 9.17) is 5.73 Å². The van der Waals surface area contributed by atoms with Crippen molar-refractivity contribution in [3.05, 3.63) is 34.8 Å². The average molecular weight is 333 g/mol. The van der Waals surface area contributed by atoms with Gasteiger partial charge in [-0.05, 0) is 22.0 Å². The molecule has 0 bridgehead atoms. The van der Waals surface area contributed by atoms with Gasteiger partial charge in [0.15, 0.2) is 0 Å². The second-order valence-electron chi connectivity index (χ2n) is 3.35. The van der Waals surface area contributed by atoms with Gasteiger partial charge in [-0.3, -0.25) is 0 Å². The van der Waals surface area contributed by atoms with Crippen molar-refractivity contribution in [2.45, 2.75) is 11.4 Å². The summed E-state index contributed by atoms with van der Waals surface area (Å²) in [6.07, 6.45) is 2.78. The van der Waals surface area contributed by atoms with Crippen molar-refractivity contribution in [1.82, 2.24) is 14.9 Å². The van der Waals surface area contributed by atoms with Crippen molar-refractivity contribution in [3.63, 3.8) is 0 Å². The molecule has 2 aromatic rings. The highest BCUT2D eigenvalue weighted by atomic mass is 79.9. The number of rotatable bonds is 4. The maximum absolute atomic E-state index is 12.0. The van der Waals surface area contributed by atoms with Gasteiger partial charge in [0.1, 0.15) is 17.0 Å². The summed E-state index contributed by atoms with van der Waals surface area (Å²) in [6, 6.07) is 2.94. The van der Waals surface area contributed by atoms with Gasteiger partial charge in [-0.15, -0.1) is 0 Å². The first-order valence-corrected chi connectivity index (χ1v) is 7.06. The number of anilines is 1. The number of halogens is 1. The molecule has 0 saturated carbocycles. The van der Waals surface area contributed by atoms with Crippen LogP contribution in [-0.4, -0.2) is 18.6 Å². The highest BCUT2D eigenvalue weighted by Gasteiger charge is 2.19. The van der Waals surface area contributed by atoms with Gasteiger partial charge in [-0.25, -0.2) is 18.1 Å². The number of aromatic nitrogens is 2. The molecule has 0 unspecified atom stereocenters. The third-order valence-corrected chi connectivity index (χ3v) is 3.94. The molecule has 0 amide bonds. The summed E-state index contributed by atoms with van der Waals surface area (Å²) in [7, 11) is -3.74. The first-order valence-electron chi connectivity index (χ1n) is 4.79. The largest absolute Gasteiger partial charge is 0.383 e. The Morgan fingerprint density at radius 1 is 1.50 bits per heavy atom. The molecule has 2 aromatic heterocycles. The van der Waals surface area contributed by atoms with E-state index >= 15 is 0 Å². The normalized spacial score (nSPS) is 11.6. The zero-order valence-corrected chi connectivity index (χ0v) is 11.4. The molecule has 0 radical (unpaired) electrons. The molecule has 7 nitrogen and oxygen atoms in total. The van der Waals surface area contributed by atoms with Crippen LogP contribution in [0.15, 0.2) is 38.5 Å². The third-order valence-electron chi connectivity index (χ3n) is 2.07. The molecule has 96 valence electrons. The Hall–Kier alpha value is -1.45. The number of sulfonamides is 1. The van der Waals surface area contributed by atoms with Crippen molar-refractivity contribution >= 4 is 31.8 Å². The highest BCUT2D eigenvalue weighted by Crippen LogP contribution is 2.20. The molecule has 0 aromatic carbocycles. The number of nitrogens with two attached hydrogens (primary N) is 1. The fourth-order valence-electron chi connectivity index (χ4n) is 1.22. The minimum atomic E-state index is -3.74. The lowest BCUT2D eigenvalue weighted by molar-refractivity contribution is 0.411. The smallest absolute Gasteiger partial charge is 0.244 e. The molecule has 9 heteroatoms. The Morgan fingerprint density at radius 2 is 2.28 bits per heavy atom. The van der Waals surface area contributed by atoms with Crippen LogP contribution in [0.25, 0.3) is 0 Å². The minimum absolute atomic E-state index is 0.0186. The molecule has 0 aliphatic rings. The van der Waals surface area contributed by atoms with Gasteiger partial charge in [-0.2, -0.15) is 0 Å². The molecule has 3 N–H and O–H groups in total. The predicted molar refractivity (Wildman–Crippen MR) is 66.9 cm³/mol. The number of nitrogens with zero attached hydrogens (tertiary/aromatic N) is 2. The number of hydrogen-bond acceptors (Lipinski definition) is 6. The van der Waals surface area contributed by atoms with Gasteiger partial charge in [0.2, 0.25) is 10.0 Å². The van der Waals surface area contributed by atoms with E-state index in [9.17, 15) is 8.42 Å².